The molecule has 5 rings (SSSR count). The smallest absolute Gasteiger partial charge is 0.273 e. The molecule has 1 aromatic heterocycles. The number of benzene rings is 2. The molecule has 2 aliphatic rings. The second-order valence-corrected chi connectivity index (χ2v) is 9.40. The van der Waals surface area contributed by atoms with Crippen molar-refractivity contribution in [1.29, 1.82) is 0 Å². The zero-order valence-corrected chi connectivity index (χ0v) is 21.3. The van der Waals surface area contributed by atoms with Gasteiger partial charge in [-0.1, -0.05) is 12.1 Å². The van der Waals surface area contributed by atoms with Crippen LogP contribution in [0.2, 0.25) is 0 Å². The number of nitrogens with one attached hydrogen (secondary N) is 1. The molecular formula is C28H33N3O5. The summed E-state index contributed by atoms with van der Waals surface area (Å²) in [5.74, 6) is 1.32. The van der Waals surface area contributed by atoms with Gasteiger partial charge in [0.2, 0.25) is 0 Å². The van der Waals surface area contributed by atoms with E-state index < -0.39 is 6.04 Å². The van der Waals surface area contributed by atoms with Crippen molar-refractivity contribution < 1.29 is 24.1 Å². The van der Waals surface area contributed by atoms with Gasteiger partial charge in [-0.3, -0.25) is 9.89 Å². The van der Waals surface area contributed by atoms with Crippen LogP contribution in [0.15, 0.2) is 30.3 Å². The zero-order valence-electron chi connectivity index (χ0n) is 21.3. The standard InChI is InChI=1S/C28H33N3O5/c1-5-34-21-10-9-18(14-22(21)35-6-2)27-24-25(23-17(4)12-16(3)13-20(23)32)29-30-26(24)28(33)31(27)15-19-8-7-11-36-19/h9-10,12-14,19,27,32H,5-8,11,15H2,1-4H3,(H,29,30)/t19-,27+/m1/s1. The molecule has 0 bridgehead atoms. The first-order valence-electron chi connectivity index (χ1n) is 12.6. The normalized spacial score (nSPS) is 19.1. The summed E-state index contributed by atoms with van der Waals surface area (Å²) < 4.78 is 17.6. The lowest BCUT2D eigenvalue weighted by Gasteiger charge is -2.29. The van der Waals surface area contributed by atoms with Gasteiger partial charge in [0.25, 0.3) is 5.91 Å². The van der Waals surface area contributed by atoms with E-state index in [0.717, 1.165) is 35.1 Å². The van der Waals surface area contributed by atoms with Crippen molar-refractivity contribution in [2.24, 2.45) is 0 Å². The van der Waals surface area contributed by atoms with E-state index in [-0.39, 0.29) is 17.8 Å². The molecule has 1 amide bonds. The molecule has 3 heterocycles. The molecule has 2 aromatic carbocycles. The van der Waals surface area contributed by atoms with Crippen molar-refractivity contribution in [2.75, 3.05) is 26.4 Å². The number of rotatable bonds is 8. The summed E-state index contributed by atoms with van der Waals surface area (Å²) in [5.41, 5.74) is 5.16. The number of hydrogen-bond donors (Lipinski definition) is 2. The second-order valence-electron chi connectivity index (χ2n) is 9.40. The van der Waals surface area contributed by atoms with E-state index >= 15 is 0 Å². The third-order valence-corrected chi connectivity index (χ3v) is 6.87. The number of fused-ring (bicyclic) bond motifs is 1. The van der Waals surface area contributed by atoms with Crippen LogP contribution in [-0.4, -0.2) is 58.6 Å². The number of nitrogens with zero attached hydrogens (tertiary/aromatic N) is 2. The van der Waals surface area contributed by atoms with Crippen LogP contribution in [0.1, 0.15) is 65.5 Å². The number of carbonyl (C=O) groups excluding carboxylic acids is 1. The molecule has 0 radical (unpaired) electrons. The maximum Gasteiger partial charge on any atom is 0.273 e. The monoisotopic (exact) mass is 491 g/mol. The highest BCUT2D eigenvalue weighted by molar-refractivity contribution is 6.00. The molecule has 1 fully saturated rings. The molecule has 8 heteroatoms. The highest BCUT2D eigenvalue weighted by Crippen LogP contribution is 2.47. The number of aryl methyl sites for hydroxylation is 2. The molecule has 2 N–H and O–H groups in total. The SMILES string of the molecule is CCOc1ccc([C@H]2c3c(-c4c(C)cc(C)cc4O)n[nH]c3C(=O)N2C[C@H]2CCCO2)cc1OCC. The Kier molecular flexibility index (Phi) is 6.62. The van der Waals surface area contributed by atoms with Crippen LogP contribution in [0.25, 0.3) is 11.3 Å². The van der Waals surface area contributed by atoms with Crippen LogP contribution < -0.4 is 9.47 Å². The van der Waals surface area contributed by atoms with Crippen LogP contribution in [0, 0.1) is 13.8 Å². The van der Waals surface area contributed by atoms with Gasteiger partial charge in [0.05, 0.1) is 25.4 Å². The second kappa shape index (κ2) is 9.85. The van der Waals surface area contributed by atoms with E-state index in [9.17, 15) is 9.90 Å². The number of phenolic OH excluding ortho intramolecular Hbond substituents is 1. The van der Waals surface area contributed by atoms with Crippen molar-refractivity contribution in [3.05, 3.63) is 58.3 Å². The number of H-pyrrole nitrogens is 1. The van der Waals surface area contributed by atoms with Crippen molar-refractivity contribution in [3.63, 3.8) is 0 Å². The van der Waals surface area contributed by atoms with Gasteiger partial charge in [0.1, 0.15) is 17.1 Å². The van der Waals surface area contributed by atoms with Gasteiger partial charge >= 0.3 is 0 Å². The first kappa shape index (κ1) is 24.2. The third-order valence-electron chi connectivity index (χ3n) is 6.87. The fraction of sp³-hybridized carbons (Fsp3) is 0.429. The van der Waals surface area contributed by atoms with E-state index in [0.29, 0.717) is 54.8 Å². The summed E-state index contributed by atoms with van der Waals surface area (Å²) in [7, 11) is 0. The van der Waals surface area contributed by atoms with Crippen LogP contribution in [0.4, 0.5) is 0 Å². The average molecular weight is 492 g/mol. The molecule has 0 spiro atoms. The minimum absolute atomic E-state index is 0.0135. The highest BCUT2D eigenvalue weighted by atomic mass is 16.5. The van der Waals surface area contributed by atoms with E-state index in [1.807, 2.05) is 56.9 Å². The molecule has 0 unspecified atom stereocenters. The van der Waals surface area contributed by atoms with Crippen molar-refractivity contribution in [3.8, 4) is 28.5 Å². The predicted octanol–water partition coefficient (Wildman–Crippen LogP) is 4.92. The number of aromatic amines is 1. The first-order chi connectivity index (χ1) is 17.4. The molecular weight excluding hydrogens is 458 g/mol. The van der Waals surface area contributed by atoms with Crippen LogP contribution in [0.3, 0.4) is 0 Å². The number of carbonyl (C=O) groups is 1. The molecule has 1 saturated heterocycles. The predicted molar refractivity (Wildman–Crippen MR) is 136 cm³/mol. The van der Waals surface area contributed by atoms with E-state index in [1.165, 1.54) is 0 Å². The minimum Gasteiger partial charge on any atom is -0.507 e. The summed E-state index contributed by atoms with van der Waals surface area (Å²) in [6.45, 7) is 9.95. The Morgan fingerprint density at radius 1 is 1.14 bits per heavy atom. The lowest BCUT2D eigenvalue weighted by atomic mass is 9.93. The van der Waals surface area contributed by atoms with E-state index in [1.54, 1.807) is 6.07 Å². The van der Waals surface area contributed by atoms with Crippen molar-refractivity contribution >= 4 is 5.91 Å². The molecule has 0 saturated carbocycles. The summed E-state index contributed by atoms with van der Waals surface area (Å²) in [5, 5.41) is 18.4. The Morgan fingerprint density at radius 2 is 1.92 bits per heavy atom. The van der Waals surface area contributed by atoms with Gasteiger partial charge in [-0.05, 0) is 75.4 Å². The van der Waals surface area contributed by atoms with Crippen LogP contribution in [0.5, 0.6) is 17.2 Å². The maximum atomic E-state index is 13.7. The fourth-order valence-corrected chi connectivity index (χ4v) is 5.42. The number of aromatic nitrogens is 2. The van der Waals surface area contributed by atoms with Gasteiger partial charge < -0.3 is 24.2 Å². The minimum atomic E-state index is -0.416. The first-order valence-corrected chi connectivity index (χ1v) is 12.6. The van der Waals surface area contributed by atoms with Gasteiger partial charge in [0.15, 0.2) is 11.5 Å². The Hall–Kier alpha value is -3.52. The number of aromatic hydroxyl groups is 1. The van der Waals surface area contributed by atoms with E-state index in [2.05, 4.69) is 10.2 Å². The topological polar surface area (TPSA) is 96.9 Å². The Morgan fingerprint density at radius 3 is 2.61 bits per heavy atom. The van der Waals surface area contributed by atoms with E-state index in [4.69, 9.17) is 14.2 Å². The number of ether oxygens (including phenoxy) is 3. The van der Waals surface area contributed by atoms with Gasteiger partial charge in [0, 0.05) is 24.3 Å². The van der Waals surface area contributed by atoms with Gasteiger partial charge in [-0.15, -0.1) is 0 Å². The molecule has 8 nitrogen and oxygen atoms in total. The Bertz CT molecular complexity index is 1260. The fourth-order valence-electron chi connectivity index (χ4n) is 5.42. The Balaban J connectivity index is 1.66. The molecule has 36 heavy (non-hydrogen) atoms. The summed E-state index contributed by atoms with van der Waals surface area (Å²) in [6.07, 6.45) is 1.89. The highest BCUT2D eigenvalue weighted by Gasteiger charge is 2.44. The largest absolute Gasteiger partial charge is 0.507 e. The number of amides is 1. The summed E-state index contributed by atoms with van der Waals surface area (Å²) in [6, 6.07) is 9.13. The van der Waals surface area contributed by atoms with Crippen molar-refractivity contribution in [2.45, 2.75) is 52.7 Å². The van der Waals surface area contributed by atoms with Gasteiger partial charge in [-0.2, -0.15) is 5.10 Å². The summed E-state index contributed by atoms with van der Waals surface area (Å²) in [4.78, 5) is 15.6. The molecule has 0 aliphatic carbocycles. The van der Waals surface area contributed by atoms with Crippen LogP contribution in [-0.2, 0) is 4.74 Å². The molecule has 190 valence electrons. The third kappa shape index (κ3) is 4.19. The Labute approximate surface area is 211 Å². The van der Waals surface area contributed by atoms with Gasteiger partial charge in [-0.25, -0.2) is 0 Å². The number of phenols is 1. The average Bonchev–Trinajstić information content (AvgIpc) is 3.55. The zero-order chi connectivity index (χ0) is 25.4. The van der Waals surface area contributed by atoms with Crippen molar-refractivity contribution in [1.82, 2.24) is 15.1 Å². The lowest BCUT2D eigenvalue weighted by molar-refractivity contribution is 0.0495. The van der Waals surface area contributed by atoms with Crippen LogP contribution >= 0.6 is 0 Å². The lowest BCUT2D eigenvalue weighted by Crippen LogP contribution is -2.36. The molecule has 3 aromatic rings. The molecule has 2 atom stereocenters. The molecule has 2 aliphatic heterocycles. The summed E-state index contributed by atoms with van der Waals surface area (Å²) >= 11 is 0. The number of hydrogen-bond acceptors (Lipinski definition) is 6. The maximum absolute atomic E-state index is 13.7. The quantitative estimate of drug-likeness (QED) is 0.464.